The van der Waals surface area contributed by atoms with Crippen LogP contribution in [0.2, 0.25) is 0 Å². The lowest BCUT2D eigenvalue weighted by molar-refractivity contribution is -0.148. The van der Waals surface area contributed by atoms with Crippen LogP contribution in [0.4, 0.5) is 0 Å². The number of nitrogens with zero attached hydrogens (tertiary/aromatic N) is 2. The highest BCUT2D eigenvalue weighted by Gasteiger charge is 2.44. The number of rotatable bonds is 3. The van der Waals surface area contributed by atoms with Gasteiger partial charge in [-0.15, -0.1) is 0 Å². The van der Waals surface area contributed by atoms with Crippen molar-refractivity contribution in [2.45, 2.75) is 31.7 Å². The number of aromatic nitrogens is 2. The second-order valence-corrected chi connectivity index (χ2v) is 4.03. The minimum absolute atomic E-state index is 0.501. The van der Waals surface area contributed by atoms with E-state index in [9.17, 15) is 9.90 Å². The Kier molecular flexibility index (Phi) is 2.96. The Bertz CT molecular complexity index is 380. The van der Waals surface area contributed by atoms with Gasteiger partial charge < -0.3 is 9.84 Å². The van der Waals surface area contributed by atoms with Crippen molar-refractivity contribution in [1.82, 2.24) is 9.78 Å². The monoisotopic (exact) mass is 224 g/mol. The van der Waals surface area contributed by atoms with E-state index in [0.717, 1.165) is 5.69 Å². The van der Waals surface area contributed by atoms with Gasteiger partial charge in [0, 0.05) is 26.0 Å². The lowest BCUT2D eigenvalue weighted by atomic mass is 9.77. The zero-order valence-electron chi connectivity index (χ0n) is 9.35. The normalized spacial score (nSPS) is 19.6. The van der Waals surface area contributed by atoms with Crippen LogP contribution in [0.5, 0.6) is 0 Å². The maximum Gasteiger partial charge on any atom is 0.315 e. The summed E-state index contributed by atoms with van der Waals surface area (Å²) in [5, 5.41) is 13.6. The molecule has 0 aromatic carbocycles. The molecule has 5 heteroatoms. The number of aliphatic carboxylic acids is 1. The molecule has 0 unspecified atom stereocenters. The first kappa shape index (κ1) is 11.1. The molecule has 2 rings (SSSR count). The molecular formula is C11H16N2O3. The smallest absolute Gasteiger partial charge is 0.315 e. The molecule has 88 valence electrons. The summed E-state index contributed by atoms with van der Waals surface area (Å²) < 4.78 is 7.02. The lowest BCUT2D eigenvalue weighted by Gasteiger charge is -2.33. The van der Waals surface area contributed by atoms with E-state index in [-0.39, 0.29) is 0 Å². The Morgan fingerprint density at radius 1 is 1.62 bits per heavy atom. The summed E-state index contributed by atoms with van der Waals surface area (Å²) in [6.07, 6.45) is 2.71. The standard InChI is InChI=1S/C11H16N2O3/c1-2-13-9(3-6-12-13)11(10(14)15)4-7-16-8-5-11/h3,6H,2,4-5,7-8H2,1H3,(H,14,15). The summed E-state index contributed by atoms with van der Waals surface area (Å²) in [6.45, 7) is 3.66. The van der Waals surface area contributed by atoms with E-state index in [2.05, 4.69) is 5.10 Å². The molecule has 0 bridgehead atoms. The topological polar surface area (TPSA) is 64.4 Å². The molecule has 1 fully saturated rings. The largest absolute Gasteiger partial charge is 0.481 e. The zero-order valence-corrected chi connectivity index (χ0v) is 9.35. The Labute approximate surface area is 94.0 Å². The van der Waals surface area contributed by atoms with Crippen LogP contribution in [0.3, 0.4) is 0 Å². The second kappa shape index (κ2) is 4.25. The van der Waals surface area contributed by atoms with Gasteiger partial charge in [-0.3, -0.25) is 9.48 Å². The predicted molar refractivity (Wildman–Crippen MR) is 57.3 cm³/mol. The highest BCUT2D eigenvalue weighted by atomic mass is 16.5. The van der Waals surface area contributed by atoms with Gasteiger partial charge in [0.25, 0.3) is 0 Å². The minimum atomic E-state index is -0.815. The maximum absolute atomic E-state index is 11.5. The lowest BCUT2D eigenvalue weighted by Crippen LogP contribution is -2.43. The fourth-order valence-electron chi connectivity index (χ4n) is 2.29. The third-order valence-electron chi connectivity index (χ3n) is 3.26. The summed E-state index contributed by atoms with van der Waals surface area (Å²) in [4.78, 5) is 11.5. The fraction of sp³-hybridized carbons (Fsp3) is 0.636. The van der Waals surface area contributed by atoms with E-state index >= 15 is 0 Å². The average molecular weight is 224 g/mol. The van der Waals surface area contributed by atoms with Gasteiger partial charge in [0.15, 0.2) is 0 Å². The molecule has 1 aromatic rings. The molecule has 0 atom stereocenters. The van der Waals surface area contributed by atoms with Crippen molar-refractivity contribution in [2.24, 2.45) is 0 Å². The molecule has 2 heterocycles. The van der Waals surface area contributed by atoms with Crippen molar-refractivity contribution in [3.8, 4) is 0 Å². The van der Waals surface area contributed by atoms with E-state index < -0.39 is 11.4 Å². The van der Waals surface area contributed by atoms with E-state index in [1.165, 1.54) is 0 Å². The molecule has 1 aliphatic rings. The van der Waals surface area contributed by atoms with Crippen LogP contribution in [-0.4, -0.2) is 34.1 Å². The van der Waals surface area contributed by atoms with Crippen molar-refractivity contribution in [2.75, 3.05) is 13.2 Å². The number of hydrogen-bond donors (Lipinski definition) is 1. The predicted octanol–water partition coefficient (Wildman–Crippen LogP) is 1.04. The van der Waals surface area contributed by atoms with Crippen LogP contribution in [-0.2, 0) is 21.5 Å². The summed E-state index contributed by atoms with van der Waals surface area (Å²) in [7, 11) is 0. The number of carbonyl (C=O) groups is 1. The summed E-state index contributed by atoms with van der Waals surface area (Å²) in [5.74, 6) is -0.772. The van der Waals surface area contributed by atoms with Gasteiger partial charge in [0.05, 0.1) is 5.69 Å². The Morgan fingerprint density at radius 2 is 2.31 bits per heavy atom. The van der Waals surface area contributed by atoms with Crippen molar-refractivity contribution < 1.29 is 14.6 Å². The zero-order chi connectivity index (χ0) is 11.6. The number of carboxylic acid groups (broad SMARTS) is 1. The molecule has 1 aromatic heterocycles. The van der Waals surface area contributed by atoms with E-state index in [1.807, 2.05) is 13.0 Å². The van der Waals surface area contributed by atoms with Gasteiger partial charge in [-0.05, 0) is 25.8 Å². The summed E-state index contributed by atoms with van der Waals surface area (Å²) in [6, 6.07) is 1.81. The van der Waals surface area contributed by atoms with Crippen molar-refractivity contribution >= 4 is 5.97 Å². The maximum atomic E-state index is 11.5. The molecule has 5 nitrogen and oxygen atoms in total. The van der Waals surface area contributed by atoms with Crippen LogP contribution in [0.1, 0.15) is 25.5 Å². The highest BCUT2D eigenvalue weighted by molar-refractivity contribution is 5.80. The molecule has 1 N–H and O–H groups in total. The number of ether oxygens (including phenoxy) is 1. The third kappa shape index (κ3) is 1.61. The molecule has 0 spiro atoms. The number of hydrogen-bond acceptors (Lipinski definition) is 3. The van der Waals surface area contributed by atoms with Crippen molar-refractivity contribution in [3.63, 3.8) is 0 Å². The second-order valence-electron chi connectivity index (χ2n) is 4.03. The molecule has 0 aliphatic carbocycles. The molecule has 1 saturated heterocycles. The first-order valence-corrected chi connectivity index (χ1v) is 5.54. The summed E-state index contributed by atoms with van der Waals surface area (Å²) >= 11 is 0. The first-order chi connectivity index (χ1) is 7.70. The van der Waals surface area contributed by atoms with Gasteiger partial charge >= 0.3 is 5.97 Å². The SMILES string of the molecule is CCn1nccc1C1(C(=O)O)CCOCC1. The van der Waals surface area contributed by atoms with Gasteiger partial charge in [0.2, 0.25) is 0 Å². The van der Waals surface area contributed by atoms with E-state index in [4.69, 9.17) is 4.74 Å². The minimum Gasteiger partial charge on any atom is -0.481 e. The van der Waals surface area contributed by atoms with Crippen LogP contribution in [0.15, 0.2) is 12.3 Å². The van der Waals surface area contributed by atoms with Crippen LogP contribution < -0.4 is 0 Å². The van der Waals surface area contributed by atoms with Crippen LogP contribution in [0.25, 0.3) is 0 Å². The molecule has 0 amide bonds. The van der Waals surface area contributed by atoms with Gasteiger partial charge in [-0.2, -0.15) is 5.10 Å². The van der Waals surface area contributed by atoms with Crippen molar-refractivity contribution in [1.29, 1.82) is 0 Å². The quantitative estimate of drug-likeness (QED) is 0.833. The number of aryl methyl sites for hydroxylation is 1. The average Bonchev–Trinajstić information content (AvgIpc) is 2.78. The Balaban J connectivity index is 2.42. The third-order valence-corrected chi connectivity index (χ3v) is 3.26. The molecule has 16 heavy (non-hydrogen) atoms. The molecule has 0 saturated carbocycles. The van der Waals surface area contributed by atoms with Gasteiger partial charge in [-0.1, -0.05) is 0 Å². The summed E-state index contributed by atoms with van der Waals surface area (Å²) in [5.41, 5.74) is -0.0177. The van der Waals surface area contributed by atoms with Gasteiger partial charge in [-0.25, -0.2) is 0 Å². The molecule has 1 aliphatic heterocycles. The van der Waals surface area contributed by atoms with E-state index in [0.29, 0.717) is 32.6 Å². The Hall–Kier alpha value is -1.36. The highest BCUT2D eigenvalue weighted by Crippen LogP contribution is 2.34. The fourth-order valence-corrected chi connectivity index (χ4v) is 2.29. The first-order valence-electron chi connectivity index (χ1n) is 5.54. The van der Waals surface area contributed by atoms with Crippen LogP contribution in [0, 0.1) is 0 Å². The van der Waals surface area contributed by atoms with Crippen molar-refractivity contribution in [3.05, 3.63) is 18.0 Å². The Morgan fingerprint density at radius 3 is 2.88 bits per heavy atom. The molecular weight excluding hydrogens is 208 g/mol. The van der Waals surface area contributed by atoms with Gasteiger partial charge in [0.1, 0.15) is 5.41 Å². The van der Waals surface area contributed by atoms with Crippen LogP contribution >= 0.6 is 0 Å². The number of carboxylic acids is 1. The van der Waals surface area contributed by atoms with E-state index in [1.54, 1.807) is 10.9 Å². The molecule has 0 radical (unpaired) electrons.